The quantitative estimate of drug-likeness (QED) is 0.759. The summed E-state index contributed by atoms with van der Waals surface area (Å²) in [6, 6.07) is 5.36. The van der Waals surface area contributed by atoms with E-state index >= 15 is 0 Å². The van der Waals surface area contributed by atoms with Gasteiger partial charge in [0.25, 0.3) is 0 Å². The van der Waals surface area contributed by atoms with Crippen molar-refractivity contribution in [2.75, 3.05) is 26.2 Å². The Morgan fingerprint density at radius 3 is 2.55 bits per heavy atom. The number of benzene rings is 1. The van der Waals surface area contributed by atoms with Crippen LogP contribution in [0.5, 0.6) is 5.75 Å². The van der Waals surface area contributed by atoms with Crippen molar-refractivity contribution in [3.05, 3.63) is 28.2 Å². The van der Waals surface area contributed by atoms with Gasteiger partial charge >= 0.3 is 0 Å². The summed E-state index contributed by atoms with van der Waals surface area (Å²) in [5.41, 5.74) is 0. The van der Waals surface area contributed by atoms with E-state index < -0.39 is 0 Å². The summed E-state index contributed by atoms with van der Waals surface area (Å²) in [5.74, 6) is 0.734. The van der Waals surface area contributed by atoms with Crippen molar-refractivity contribution in [3.8, 4) is 5.75 Å². The van der Waals surface area contributed by atoms with Gasteiger partial charge in [-0.05, 0) is 56.7 Å². The van der Waals surface area contributed by atoms with Crippen LogP contribution in [-0.2, 0) is 0 Å². The van der Waals surface area contributed by atoms with Gasteiger partial charge in [-0.2, -0.15) is 0 Å². The number of rotatable bonds is 7. The molecule has 4 heteroatoms. The standard InChI is InChI=1S/C16H23Cl2NO/c17-14-7-8-16(15(18)13-14)20-12-6-2-5-11-19-9-3-1-4-10-19/h7-8,13H,1-6,9-12H2/p+1. The highest BCUT2D eigenvalue weighted by Gasteiger charge is 2.12. The number of halogens is 2. The molecule has 0 unspecified atom stereocenters. The minimum absolute atomic E-state index is 0.593. The largest absolute Gasteiger partial charge is 0.492 e. The highest BCUT2D eigenvalue weighted by atomic mass is 35.5. The minimum atomic E-state index is 0.593. The Hall–Kier alpha value is -0.440. The van der Waals surface area contributed by atoms with E-state index in [1.807, 2.05) is 12.1 Å². The zero-order valence-corrected chi connectivity index (χ0v) is 13.5. The van der Waals surface area contributed by atoms with E-state index in [9.17, 15) is 0 Å². The van der Waals surface area contributed by atoms with Crippen LogP contribution in [0.3, 0.4) is 0 Å². The maximum absolute atomic E-state index is 6.06. The highest BCUT2D eigenvalue weighted by Crippen LogP contribution is 2.27. The molecule has 2 nitrogen and oxygen atoms in total. The summed E-state index contributed by atoms with van der Waals surface area (Å²) in [5, 5.41) is 1.24. The molecule has 1 N–H and O–H groups in total. The fourth-order valence-corrected chi connectivity index (χ4v) is 3.19. The zero-order chi connectivity index (χ0) is 14.2. The molecule has 112 valence electrons. The molecule has 1 aliphatic heterocycles. The predicted octanol–water partition coefficient (Wildman–Crippen LogP) is 3.61. The summed E-state index contributed by atoms with van der Waals surface area (Å²) in [4.78, 5) is 1.79. The summed E-state index contributed by atoms with van der Waals surface area (Å²) in [6.07, 6.45) is 7.87. The van der Waals surface area contributed by atoms with Crippen molar-refractivity contribution in [2.45, 2.75) is 38.5 Å². The second kappa shape index (κ2) is 8.76. The van der Waals surface area contributed by atoms with E-state index in [4.69, 9.17) is 27.9 Å². The monoisotopic (exact) mass is 316 g/mol. The van der Waals surface area contributed by atoms with Crippen molar-refractivity contribution < 1.29 is 9.64 Å². The molecule has 0 atom stereocenters. The highest BCUT2D eigenvalue weighted by molar-refractivity contribution is 6.35. The Kier molecular flexibility index (Phi) is 6.98. The van der Waals surface area contributed by atoms with Crippen LogP contribution < -0.4 is 9.64 Å². The van der Waals surface area contributed by atoms with Crippen molar-refractivity contribution in [1.29, 1.82) is 0 Å². The number of unbranched alkanes of at least 4 members (excludes halogenated alkanes) is 2. The number of ether oxygens (including phenoxy) is 1. The van der Waals surface area contributed by atoms with Gasteiger partial charge < -0.3 is 9.64 Å². The second-order valence-corrected chi connectivity index (χ2v) is 6.39. The Morgan fingerprint density at radius 2 is 1.80 bits per heavy atom. The van der Waals surface area contributed by atoms with Crippen molar-refractivity contribution >= 4 is 23.2 Å². The van der Waals surface area contributed by atoms with E-state index in [-0.39, 0.29) is 0 Å². The molecule has 1 aliphatic rings. The Bertz CT molecular complexity index is 405. The number of piperidine rings is 1. The predicted molar refractivity (Wildman–Crippen MR) is 85.2 cm³/mol. The van der Waals surface area contributed by atoms with Crippen LogP contribution in [-0.4, -0.2) is 26.2 Å². The van der Waals surface area contributed by atoms with Gasteiger partial charge in [-0.15, -0.1) is 0 Å². The van der Waals surface area contributed by atoms with Crippen LogP contribution in [0.15, 0.2) is 18.2 Å². The molecule has 0 aliphatic carbocycles. The second-order valence-electron chi connectivity index (χ2n) is 5.54. The van der Waals surface area contributed by atoms with Crippen LogP contribution >= 0.6 is 23.2 Å². The molecule has 1 aromatic rings. The number of hydrogen-bond acceptors (Lipinski definition) is 1. The Morgan fingerprint density at radius 1 is 1.00 bits per heavy atom. The van der Waals surface area contributed by atoms with Crippen LogP contribution in [0.4, 0.5) is 0 Å². The zero-order valence-electron chi connectivity index (χ0n) is 12.0. The Labute approximate surface area is 132 Å². The smallest absolute Gasteiger partial charge is 0.137 e. The lowest BCUT2D eigenvalue weighted by molar-refractivity contribution is -0.905. The van der Waals surface area contributed by atoms with Gasteiger partial charge in [-0.1, -0.05) is 23.2 Å². The third-order valence-electron chi connectivity index (χ3n) is 3.89. The SMILES string of the molecule is Clc1ccc(OCCCCC[NH+]2CCCCC2)c(Cl)c1. The van der Waals surface area contributed by atoms with Crippen LogP contribution in [0.2, 0.25) is 10.0 Å². The molecule has 1 heterocycles. The third kappa shape index (κ3) is 5.51. The number of hydrogen-bond donors (Lipinski definition) is 1. The van der Waals surface area contributed by atoms with Crippen LogP contribution in [0.1, 0.15) is 38.5 Å². The lowest BCUT2D eigenvalue weighted by Gasteiger charge is -2.23. The molecule has 0 saturated carbocycles. The Balaban J connectivity index is 1.55. The lowest BCUT2D eigenvalue weighted by atomic mass is 10.1. The maximum Gasteiger partial charge on any atom is 0.137 e. The molecule has 0 bridgehead atoms. The molecule has 1 fully saturated rings. The normalized spacial score (nSPS) is 16.3. The molecule has 20 heavy (non-hydrogen) atoms. The first-order valence-electron chi connectivity index (χ1n) is 7.67. The van der Waals surface area contributed by atoms with E-state index in [2.05, 4.69) is 0 Å². The maximum atomic E-state index is 6.06. The first-order valence-corrected chi connectivity index (χ1v) is 8.43. The molecular formula is C16H24Cl2NO+. The van der Waals surface area contributed by atoms with Gasteiger partial charge in [0.1, 0.15) is 5.75 Å². The molecule has 2 rings (SSSR count). The molecule has 0 aromatic heterocycles. The van der Waals surface area contributed by atoms with E-state index in [0.717, 1.165) is 18.8 Å². The third-order valence-corrected chi connectivity index (χ3v) is 4.42. The van der Waals surface area contributed by atoms with E-state index in [1.54, 1.807) is 11.0 Å². The topological polar surface area (TPSA) is 13.7 Å². The molecule has 0 spiro atoms. The lowest BCUT2D eigenvalue weighted by Crippen LogP contribution is -3.12. The fraction of sp³-hybridized carbons (Fsp3) is 0.625. The van der Waals surface area contributed by atoms with Gasteiger partial charge in [0.05, 0.1) is 31.3 Å². The van der Waals surface area contributed by atoms with Crippen LogP contribution in [0.25, 0.3) is 0 Å². The average molecular weight is 317 g/mol. The summed E-state index contributed by atoms with van der Waals surface area (Å²) >= 11 is 11.9. The molecule has 0 radical (unpaired) electrons. The van der Waals surface area contributed by atoms with Gasteiger partial charge in [-0.3, -0.25) is 0 Å². The first kappa shape index (κ1) is 15.9. The summed E-state index contributed by atoms with van der Waals surface area (Å²) in [6.45, 7) is 4.80. The molecule has 1 aromatic carbocycles. The summed E-state index contributed by atoms with van der Waals surface area (Å²) < 4.78 is 5.69. The molecular weight excluding hydrogens is 293 g/mol. The summed E-state index contributed by atoms with van der Waals surface area (Å²) in [7, 11) is 0. The first-order chi connectivity index (χ1) is 9.75. The molecule has 1 saturated heterocycles. The van der Waals surface area contributed by atoms with Gasteiger partial charge in [0, 0.05) is 5.02 Å². The minimum Gasteiger partial charge on any atom is -0.492 e. The van der Waals surface area contributed by atoms with Crippen molar-refractivity contribution in [1.82, 2.24) is 0 Å². The number of likely N-dealkylation sites (tertiary alicyclic amines) is 1. The average Bonchev–Trinajstić information content (AvgIpc) is 2.46. The van der Waals surface area contributed by atoms with Crippen molar-refractivity contribution in [3.63, 3.8) is 0 Å². The van der Waals surface area contributed by atoms with Crippen LogP contribution in [0, 0.1) is 0 Å². The van der Waals surface area contributed by atoms with E-state index in [1.165, 1.54) is 51.7 Å². The van der Waals surface area contributed by atoms with Gasteiger partial charge in [-0.25, -0.2) is 0 Å². The van der Waals surface area contributed by atoms with E-state index in [0.29, 0.717) is 10.0 Å². The van der Waals surface area contributed by atoms with Crippen molar-refractivity contribution in [2.24, 2.45) is 0 Å². The van der Waals surface area contributed by atoms with Gasteiger partial charge in [0.2, 0.25) is 0 Å². The number of nitrogens with one attached hydrogen (secondary N) is 1. The van der Waals surface area contributed by atoms with Gasteiger partial charge in [0.15, 0.2) is 0 Å². The molecule has 0 amide bonds. The number of quaternary nitrogens is 1. The fourth-order valence-electron chi connectivity index (χ4n) is 2.73.